The van der Waals surface area contributed by atoms with Crippen LogP contribution in [0.15, 0.2) is 24.3 Å². The quantitative estimate of drug-likeness (QED) is 0.530. The Morgan fingerprint density at radius 2 is 1.75 bits per heavy atom. The second-order valence-corrected chi connectivity index (χ2v) is 5.70. The second-order valence-electron chi connectivity index (χ2n) is 4.91. The molecule has 1 heterocycles. The van der Waals surface area contributed by atoms with Gasteiger partial charge in [0.05, 0.1) is 34.1 Å². The Labute approximate surface area is 108 Å². The van der Waals surface area contributed by atoms with Gasteiger partial charge in [0.15, 0.2) is 0 Å². The summed E-state index contributed by atoms with van der Waals surface area (Å²) in [6.45, 7) is 0. The lowest BCUT2D eigenvalue weighted by atomic mass is 9.40. The van der Waals surface area contributed by atoms with Gasteiger partial charge < -0.3 is 0 Å². The zero-order valence-corrected chi connectivity index (χ0v) is 11.0. The van der Waals surface area contributed by atoms with Crippen molar-refractivity contribution >= 4 is 57.6 Å². The molecular weight excluding hydrogens is 237 g/mol. The Morgan fingerprint density at radius 1 is 1.06 bits per heavy atom. The molecule has 1 aromatic heterocycles. The summed E-state index contributed by atoms with van der Waals surface area (Å²) in [4.78, 5) is 4.24. The van der Waals surface area contributed by atoms with E-state index < -0.39 is 0 Å². The number of fused-ring (bicyclic) bond motifs is 1. The van der Waals surface area contributed by atoms with Crippen LogP contribution in [0.5, 0.6) is 0 Å². The van der Waals surface area contributed by atoms with Crippen molar-refractivity contribution in [1.29, 1.82) is 0 Å². The highest BCUT2D eigenvalue weighted by Gasteiger charge is 2.15. The van der Waals surface area contributed by atoms with E-state index in [0.717, 1.165) is 10.9 Å². The fourth-order valence-corrected chi connectivity index (χ4v) is 2.13. The van der Waals surface area contributed by atoms with Crippen LogP contribution >= 0.6 is 23.2 Å². The zero-order chi connectivity index (χ0) is 11.9. The normalized spacial score (nSPS) is 11.9. The lowest BCUT2D eigenvalue weighted by Crippen LogP contribution is -2.26. The van der Waals surface area contributed by atoms with E-state index >= 15 is 0 Å². The van der Waals surface area contributed by atoms with Gasteiger partial charge in [-0.3, -0.25) is 0 Å². The van der Waals surface area contributed by atoms with E-state index in [1.807, 2.05) is 6.07 Å². The van der Waals surface area contributed by atoms with Gasteiger partial charge in [-0.2, -0.15) is 0 Å². The first-order valence-corrected chi connectivity index (χ1v) is 5.90. The largest absolute Gasteiger partial charge is 0.236 e. The van der Waals surface area contributed by atoms with E-state index in [0.29, 0.717) is 10.2 Å². The number of benzene rings is 1. The number of rotatable bonds is 1. The molecule has 0 aliphatic heterocycles. The molecule has 1 nitrogen and oxygen atoms in total. The number of nitrogens with zero attached hydrogens (tertiary/aromatic N) is 1. The zero-order valence-electron chi connectivity index (χ0n) is 9.51. The van der Waals surface area contributed by atoms with E-state index in [-0.39, 0.29) is 5.11 Å². The van der Waals surface area contributed by atoms with Crippen LogP contribution in [-0.2, 0) is 5.11 Å². The summed E-state index contributed by atoms with van der Waals surface area (Å²) in [5, 5.41) is 2.15. The maximum atomic E-state index is 6.16. The Hall–Kier alpha value is -0.595. The summed E-state index contributed by atoms with van der Waals surface area (Å²) < 4.78 is 0. The number of aromatic nitrogens is 1. The van der Waals surface area contributed by atoms with Crippen LogP contribution < -0.4 is 0 Å². The Morgan fingerprint density at radius 3 is 2.38 bits per heavy atom. The predicted molar refractivity (Wildman–Crippen MR) is 79.1 cm³/mol. The highest BCUT2D eigenvalue weighted by atomic mass is 35.5. The average Bonchev–Trinajstić information content (AvgIpc) is 2.15. The fraction of sp³-hybridized carbons (Fsp3) is 0.100. The van der Waals surface area contributed by atoms with Gasteiger partial charge in [-0.15, -0.1) is 0 Å². The summed E-state index contributed by atoms with van der Waals surface area (Å²) in [5.41, 5.74) is 2.08. The van der Waals surface area contributed by atoms with Crippen LogP contribution in [0.25, 0.3) is 10.9 Å². The van der Waals surface area contributed by atoms with E-state index in [1.165, 1.54) is 5.56 Å². The number of hydrogen-bond donors (Lipinski definition) is 0. The standard InChI is InChI=1S/C10H10B3Cl2N/c11-10(12,13)5-1-2-8-6(3-5)7(14)4-9(15)16-8/h1-4H,11-13H2. The van der Waals surface area contributed by atoms with Gasteiger partial charge in [0.25, 0.3) is 0 Å². The van der Waals surface area contributed by atoms with Crippen LogP contribution in [0, 0.1) is 0 Å². The van der Waals surface area contributed by atoms with Gasteiger partial charge in [0.1, 0.15) is 5.15 Å². The van der Waals surface area contributed by atoms with E-state index in [4.69, 9.17) is 23.2 Å². The molecule has 0 spiro atoms. The lowest BCUT2D eigenvalue weighted by molar-refractivity contribution is 1.24. The third-order valence-corrected chi connectivity index (χ3v) is 3.10. The van der Waals surface area contributed by atoms with Crippen molar-refractivity contribution in [3.63, 3.8) is 0 Å². The molecule has 16 heavy (non-hydrogen) atoms. The van der Waals surface area contributed by atoms with E-state index in [1.54, 1.807) is 6.07 Å². The average molecular weight is 248 g/mol. The van der Waals surface area contributed by atoms with Crippen molar-refractivity contribution in [2.45, 2.75) is 5.11 Å². The predicted octanol–water partition coefficient (Wildman–Crippen LogP) is 0.551. The third kappa shape index (κ3) is 2.23. The SMILES string of the molecule is BC(B)(B)c1ccc2nc(Cl)cc(Cl)c2c1. The smallest absolute Gasteiger partial charge is 0.131 e. The summed E-state index contributed by atoms with van der Waals surface area (Å²) >= 11 is 12.0. The molecule has 6 heteroatoms. The first-order valence-electron chi connectivity index (χ1n) is 5.14. The molecule has 0 N–H and O–H groups in total. The monoisotopic (exact) mass is 247 g/mol. The van der Waals surface area contributed by atoms with Crippen LogP contribution in [0.2, 0.25) is 10.2 Å². The maximum Gasteiger partial charge on any atom is 0.131 e. The summed E-state index contributed by atoms with van der Waals surface area (Å²) in [6, 6.07) is 7.80. The minimum absolute atomic E-state index is 0.108. The molecule has 1 aromatic carbocycles. The maximum absolute atomic E-state index is 6.16. The first-order chi connectivity index (χ1) is 7.38. The molecule has 0 radical (unpaired) electrons. The number of hydrogen-bond acceptors (Lipinski definition) is 1. The Bertz CT molecular complexity index is 551. The highest BCUT2D eigenvalue weighted by molar-refractivity contribution is 6.59. The van der Waals surface area contributed by atoms with E-state index in [2.05, 4.69) is 40.7 Å². The van der Waals surface area contributed by atoms with Crippen LogP contribution in [0.3, 0.4) is 0 Å². The summed E-state index contributed by atoms with van der Waals surface area (Å²) in [7, 11) is 6.52. The van der Waals surface area contributed by atoms with Crippen molar-refractivity contribution in [2.24, 2.45) is 0 Å². The fourth-order valence-electron chi connectivity index (χ4n) is 1.62. The van der Waals surface area contributed by atoms with Gasteiger partial charge >= 0.3 is 0 Å². The van der Waals surface area contributed by atoms with Crippen molar-refractivity contribution in [2.75, 3.05) is 0 Å². The molecule has 0 bridgehead atoms. The molecule has 0 aliphatic rings. The topological polar surface area (TPSA) is 12.9 Å². The van der Waals surface area contributed by atoms with Gasteiger partial charge in [-0.1, -0.05) is 39.9 Å². The second kappa shape index (κ2) is 4.01. The van der Waals surface area contributed by atoms with Gasteiger partial charge in [-0.25, -0.2) is 4.98 Å². The summed E-state index contributed by atoms with van der Waals surface area (Å²) in [6.07, 6.45) is 0. The molecule has 2 rings (SSSR count). The van der Waals surface area contributed by atoms with Crippen molar-refractivity contribution in [3.8, 4) is 0 Å². The van der Waals surface area contributed by atoms with Gasteiger partial charge in [0.2, 0.25) is 0 Å². The van der Waals surface area contributed by atoms with Crippen LogP contribution in [0.4, 0.5) is 0 Å². The highest BCUT2D eigenvalue weighted by Crippen LogP contribution is 2.27. The summed E-state index contributed by atoms with van der Waals surface area (Å²) in [5.74, 6) is 0. The van der Waals surface area contributed by atoms with E-state index in [9.17, 15) is 0 Å². The van der Waals surface area contributed by atoms with Crippen molar-refractivity contribution in [1.82, 2.24) is 4.98 Å². The van der Waals surface area contributed by atoms with Crippen molar-refractivity contribution in [3.05, 3.63) is 40.0 Å². The molecule has 0 atom stereocenters. The van der Waals surface area contributed by atoms with Crippen molar-refractivity contribution < 1.29 is 0 Å². The first kappa shape index (κ1) is 11.9. The number of pyridine rings is 1. The lowest BCUT2D eigenvalue weighted by Gasteiger charge is -2.19. The molecule has 0 saturated heterocycles. The van der Waals surface area contributed by atoms with Crippen LogP contribution in [-0.4, -0.2) is 28.5 Å². The minimum Gasteiger partial charge on any atom is -0.236 e. The minimum atomic E-state index is 0.108. The molecule has 0 fully saturated rings. The molecule has 78 valence electrons. The Balaban J connectivity index is 2.72. The number of halogens is 2. The molecule has 0 aliphatic carbocycles. The molecule has 2 aromatic rings. The molecule has 0 unspecified atom stereocenters. The van der Waals surface area contributed by atoms with Gasteiger partial charge in [0, 0.05) is 5.39 Å². The van der Waals surface area contributed by atoms with Gasteiger partial charge in [-0.05, 0) is 18.2 Å². The third-order valence-electron chi connectivity index (χ3n) is 2.59. The molecular formula is C10H10B3Cl2N. The van der Waals surface area contributed by atoms with Crippen LogP contribution in [0.1, 0.15) is 5.56 Å². The molecule has 0 amide bonds. The molecule has 0 saturated carbocycles. The Kier molecular flexibility index (Phi) is 2.98.